The van der Waals surface area contributed by atoms with Crippen molar-refractivity contribution in [3.8, 4) is 0 Å². The Hall–Kier alpha value is -2.57. The van der Waals surface area contributed by atoms with Crippen LogP contribution in [0.2, 0.25) is 0 Å². The molecule has 0 aliphatic heterocycles. The summed E-state index contributed by atoms with van der Waals surface area (Å²) in [4.78, 5) is 22.5. The number of rotatable bonds is 3. The molecule has 1 aromatic carbocycles. The summed E-state index contributed by atoms with van der Waals surface area (Å²) >= 11 is 0. The standard InChI is InChI=1S/C14H10F3NO3/c15-14(16,17)11-4-2-1-3-9(11)7-18-8-10(13(20)21)5-6-12(18)19/h1-6,8H,7H2,(H,20,21). The molecular formula is C14H10F3NO3. The number of aromatic nitrogens is 1. The van der Waals surface area contributed by atoms with Crippen molar-refractivity contribution in [2.24, 2.45) is 0 Å². The van der Waals surface area contributed by atoms with Crippen LogP contribution in [0.4, 0.5) is 13.2 Å². The quantitative estimate of drug-likeness (QED) is 0.947. The van der Waals surface area contributed by atoms with E-state index >= 15 is 0 Å². The molecule has 110 valence electrons. The van der Waals surface area contributed by atoms with Crippen LogP contribution < -0.4 is 5.56 Å². The number of alkyl halides is 3. The molecule has 1 N–H and O–H groups in total. The first-order valence-electron chi connectivity index (χ1n) is 5.88. The Kier molecular flexibility index (Phi) is 3.84. The SMILES string of the molecule is O=C(O)c1ccc(=O)n(Cc2ccccc2C(F)(F)F)c1. The summed E-state index contributed by atoms with van der Waals surface area (Å²) in [7, 11) is 0. The second-order valence-electron chi connectivity index (χ2n) is 4.34. The van der Waals surface area contributed by atoms with Crippen LogP contribution in [-0.2, 0) is 12.7 Å². The highest BCUT2D eigenvalue weighted by Crippen LogP contribution is 2.32. The Bertz CT molecular complexity index is 735. The summed E-state index contributed by atoms with van der Waals surface area (Å²) in [6.07, 6.45) is -3.51. The molecule has 7 heteroatoms. The van der Waals surface area contributed by atoms with Crippen LogP contribution in [0, 0.1) is 0 Å². The molecule has 0 unspecified atom stereocenters. The maximum atomic E-state index is 12.9. The molecule has 0 fully saturated rings. The highest BCUT2D eigenvalue weighted by atomic mass is 19.4. The fourth-order valence-electron chi connectivity index (χ4n) is 1.90. The monoisotopic (exact) mass is 297 g/mol. The van der Waals surface area contributed by atoms with Gasteiger partial charge in [0.1, 0.15) is 0 Å². The smallest absolute Gasteiger partial charge is 0.416 e. The number of pyridine rings is 1. The van der Waals surface area contributed by atoms with Crippen LogP contribution in [0.3, 0.4) is 0 Å². The predicted octanol–water partition coefficient (Wildman–Crippen LogP) is 2.61. The van der Waals surface area contributed by atoms with Crippen molar-refractivity contribution in [2.75, 3.05) is 0 Å². The van der Waals surface area contributed by atoms with E-state index in [9.17, 15) is 22.8 Å². The van der Waals surface area contributed by atoms with Gasteiger partial charge in [-0.3, -0.25) is 4.79 Å². The van der Waals surface area contributed by atoms with Crippen LogP contribution in [0.25, 0.3) is 0 Å². The van der Waals surface area contributed by atoms with E-state index in [1.54, 1.807) is 0 Å². The van der Waals surface area contributed by atoms with E-state index in [4.69, 9.17) is 5.11 Å². The molecule has 1 aromatic heterocycles. The van der Waals surface area contributed by atoms with Crippen LogP contribution >= 0.6 is 0 Å². The molecule has 2 rings (SSSR count). The molecule has 0 amide bonds. The third kappa shape index (κ3) is 3.31. The second kappa shape index (κ2) is 5.43. The summed E-state index contributed by atoms with van der Waals surface area (Å²) in [5, 5.41) is 8.85. The molecule has 0 atom stereocenters. The van der Waals surface area contributed by atoms with E-state index in [-0.39, 0.29) is 17.7 Å². The predicted molar refractivity (Wildman–Crippen MR) is 68.2 cm³/mol. The first kappa shape index (κ1) is 14.8. The molecule has 1 heterocycles. The zero-order valence-corrected chi connectivity index (χ0v) is 10.6. The number of benzene rings is 1. The van der Waals surface area contributed by atoms with Gasteiger partial charge in [0.15, 0.2) is 0 Å². The van der Waals surface area contributed by atoms with Gasteiger partial charge in [0, 0.05) is 12.3 Å². The Balaban J connectivity index is 2.46. The molecule has 0 bridgehead atoms. The zero-order valence-electron chi connectivity index (χ0n) is 10.6. The Morgan fingerprint density at radius 3 is 2.43 bits per heavy atom. The fraction of sp³-hybridized carbons (Fsp3) is 0.143. The normalized spacial score (nSPS) is 11.4. The number of halogens is 3. The van der Waals surface area contributed by atoms with Crippen LogP contribution in [0.5, 0.6) is 0 Å². The van der Waals surface area contributed by atoms with Crippen molar-refractivity contribution in [3.05, 3.63) is 69.6 Å². The van der Waals surface area contributed by atoms with Crippen molar-refractivity contribution >= 4 is 5.97 Å². The molecule has 0 saturated heterocycles. The van der Waals surface area contributed by atoms with Crippen molar-refractivity contribution in [1.82, 2.24) is 4.57 Å². The summed E-state index contributed by atoms with van der Waals surface area (Å²) < 4.78 is 39.6. The van der Waals surface area contributed by atoms with Gasteiger partial charge in [0.05, 0.1) is 17.7 Å². The summed E-state index contributed by atoms with van der Waals surface area (Å²) in [6, 6.07) is 6.97. The van der Waals surface area contributed by atoms with Crippen molar-refractivity contribution in [3.63, 3.8) is 0 Å². The van der Waals surface area contributed by atoms with Crippen molar-refractivity contribution in [1.29, 1.82) is 0 Å². The second-order valence-corrected chi connectivity index (χ2v) is 4.34. The Morgan fingerprint density at radius 2 is 1.81 bits per heavy atom. The lowest BCUT2D eigenvalue weighted by Gasteiger charge is -2.14. The molecule has 4 nitrogen and oxygen atoms in total. The maximum absolute atomic E-state index is 12.9. The number of hydrogen-bond acceptors (Lipinski definition) is 2. The van der Waals surface area contributed by atoms with Gasteiger partial charge in [0.2, 0.25) is 0 Å². The van der Waals surface area contributed by atoms with Gasteiger partial charge in [0.25, 0.3) is 5.56 Å². The minimum Gasteiger partial charge on any atom is -0.478 e. The fourth-order valence-corrected chi connectivity index (χ4v) is 1.90. The lowest BCUT2D eigenvalue weighted by Crippen LogP contribution is -2.22. The highest BCUT2D eigenvalue weighted by molar-refractivity contribution is 5.87. The van der Waals surface area contributed by atoms with E-state index in [1.807, 2.05) is 0 Å². The van der Waals surface area contributed by atoms with Crippen LogP contribution in [0.15, 0.2) is 47.4 Å². The highest BCUT2D eigenvalue weighted by Gasteiger charge is 2.32. The first-order chi connectivity index (χ1) is 9.79. The largest absolute Gasteiger partial charge is 0.478 e. The number of carboxylic acid groups (broad SMARTS) is 1. The summed E-state index contributed by atoms with van der Waals surface area (Å²) in [5.41, 5.74) is -1.69. The zero-order chi connectivity index (χ0) is 15.6. The number of carbonyl (C=O) groups is 1. The molecule has 21 heavy (non-hydrogen) atoms. The summed E-state index contributed by atoms with van der Waals surface area (Å²) in [5.74, 6) is -1.26. The molecule has 0 saturated carbocycles. The third-order valence-electron chi connectivity index (χ3n) is 2.89. The van der Waals surface area contributed by atoms with Gasteiger partial charge in [-0.05, 0) is 17.7 Å². The Labute approximate surface area is 117 Å². The van der Waals surface area contributed by atoms with E-state index < -0.39 is 23.3 Å². The average Bonchev–Trinajstić information content (AvgIpc) is 2.40. The minimum atomic E-state index is -4.54. The number of aromatic carboxylic acids is 1. The van der Waals surface area contributed by atoms with Gasteiger partial charge in [-0.15, -0.1) is 0 Å². The third-order valence-corrected chi connectivity index (χ3v) is 2.89. The molecule has 2 aromatic rings. The van der Waals surface area contributed by atoms with Gasteiger partial charge < -0.3 is 9.67 Å². The van der Waals surface area contributed by atoms with E-state index in [2.05, 4.69) is 0 Å². The van der Waals surface area contributed by atoms with Crippen LogP contribution in [-0.4, -0.2) is 15.6 Å². The molecule has 0 aliphatic rings. The van der Waals surface area contributed by atoms with Crippen LogP contribution in [0.1, 0.15) is 21.5 Å². The van der Waals surface area contributed by atoms with E-state index in [0.29, 0.717) is 0 Å². The lowest BCUT2D eigenvalue weighted by molar-refractivity contribution is -0.138. The topological polar surface area (TPSA) is 59.3 Å². The summed E-state index contributed by atoms with van der Waals surface area (Å²) in [6.45, 7) is -0.352. The number of hydrogen-bond donors (Lipinski definition) is 1. The minimum absolute atomic E-state index is 0.102. The first-order valence-corrected chi connectivity index (χ1v) is 5.88. The van der Waals surface area contributed by atoms with Gasteiger partial charge in [-0.1, -0.05) is 18.2 Å². The van der Waals surface area contributed by atoms with Gasteiger partial charge in [-0.25, -0.2) is 4.79 Å². The number of carboxylic acids is 1. The average molecular weight is 297 g/mol. The van der Waals surface area contributed by atoms with Gasteiger partial charge in [-0.2, -0.15) is 13.2 Å². The lowest BCUT2D eigenvalue weighted by atomic mass is 10.1. The molecule has 0 radical (unpaired) electrons. The van der Waals surface area contributed by atoms with Crippen molar-refractivity contribution < 1.29 is 23.1 Å². The Morgan fingerprint density at radius 1 is 1.14 bits per heavy atom. The van der Waals surface area contributed by atoms with E-state index in [0.717, 1.165) is 29.0 Å². The number of nitrogens with zero attached hydrogens (tertiary/aromatic N) is 1. The van der Waals surface area contributed by atoms with E-state index in [1.165, 1.54) is 18.2 Å². The maximum Gasteiger partial charge on any atom is 0.416 e. The molecule has 0 aliphatic carbocycles. The van der Waals surface area contributed by atoms with Gasteiger partial charge >= 0.3 is 12.1 Å². The molecule has 0 spiro atoms. The van der Waals surface area contributed by atoms with Crippen molar-refractivity contribution in [2.45, 2.75) is 12.7 Å². The molecular weight excluding hydrogens is 287 g/mol.